The normalized spacial score (nSPS) is 19.9. The molecule has 0 aromatic carbocycles. The van der Waals surface area contributed by atoms with E-state index in [1.165, 1.54) is 12.8 Å². The molecule has 17 heavy (non-hydrogen) atoms. The van der Waals surface area contributed by atoms with Gasteiger partial charge in [-0.1, -0.05) is 13.8 Å². The van der Waals surface area contributed by atoms with Gasteiger partial charge in [0.05, 0.1) is 6.07 Å². The summed E-state index contributed by atoms with van der Waals surface area (Å²) < 4.78 is 0. The molecule has 1 heterocycles. The first kappa shape index (κ1) is 14.0. The van der Waals surface area contributed by atoms with Crippen LogP contribution >= 0.6 is 0 Å². The molecule has 1 saturated heterocycles. The van der Waals surface area contributed by atoms with Gasteiger partial charge in [0, 0.05) is 12.6 Å². The molecule has 0 bridgehead atoms. The van der Waals surface area contributed by atoms with Crippen molar-refractivity contribution in [2.45, 2.75) is 39.7 Å². The van der Waals surface area contributed by atoms with Crippen LogP contribution in [-0.2, 0) is 4.79 Å². The smallest absolute Gasteiger partial charge is 0.237 e. The molecule has 0 spiro atoms. The van der Waals surface area contributed by atoms with Crippen molar-refractivity contribution in [1.29, 1.82) is 5.26 Å². The van der Waals surface area contributed by atoms with Crippen molar-refractivity contribution in [3.63, 3.8) is 0 Å². The maximum atomic E-state index is 11.8. The van der Waals surface area contributed by atoms with Gasteiger partial charge >= 0.3 is 0 Å². The minimum Gasteiger partial charge on any atom is -0.351 e. The van der Waals surface area contributed by atoms with E-state index in [-0.39, 0.29) is 17.9 Å². The number of carbonyl (C=O) groups is 1. The van der Waals surface area contributed by atoms with Crippen LogP contribution in [0.2, 0.25) is 0 Å². The second kappa shape index (κ2) is 6.61. The van der Waals surface area contributed by atoms with E-state index >= 15 is 0 Å². The number of hydrogen-bond acceptors (Lipinski definition) is 3. The van der Waals surface area contributed by atoms with Crippen LogP contribution in [0, 0.1) is 23.2 Å². The van der Waals surface area contributed by atoms with Crippen LogP contribution < -0.4 is 5.32 Å². The lowest BCUT2D eigenvalue weighted by Crippen LogP contribution is -2.44. The number of hydrogen-bond donors (Lipinski definition) is 1. The largest absolute Gasteiger partial charge is 0.351 e. The summed E-state index contributed by atoms with van der Waals surface area (Å²) in [7, 11) is 0. The third-order valence-electron chi connectivity index (χ3n) is 3.21. The van der Waals surface area contributed by atoms with E-state index in [0.29, 0.717) is 0 Å². The van der Waals surface area contributed by atoms with Crippen molar-refractivity contribution in [3.05, 3.63) is 0 Å². The molecule has 4 heteroatoms. The zero-order chi connectivity index (χ0) is 12.8. The molecule has 0 aromatic heterocycles. The fraction of sp³-hybridized carbons (Fsp3) is 0.846. The Kier molecular flexibility index (Phi) is 5.43. The predicted octanol–water partition coefficient (Wildman–Crippen LogP) is 1.38. The average Bonchev–Trinajstić information content (AvgIpc) is 2.70. The lowest BCUT2D eigenvalue weighted by molar-refractivity contribution is -0.125. The van der Waals surface area contributed by atoms with Gasteiger partial charge in [0.25, 0.3) is 0 Å². The second-order valence-electron chi connectivity index (χ2n) is 5.27. The molecule has 1 rings (SSSR count). The van der Waals surface area contributed by atoms with Crippen LogP contribution in [0.15, 0.2) is 0 Å². The Morgan fingerprint density at radius 2 is 1.94 bits per heavy atom. The molecule has 2 unspecified atom stereocenters. The Morgan fingerprint density at radius 3 is 2.41 bits per heavy atom. The zero-order valence-corrected chi connectivity index (χ0v) is 11.1. The van der Waals surface area contributed by atoms with Gasteiger partial charge in [-0.2, -0.15) is 5.26 Å². The summed E-state index contributed by atoms with van der Waals surface area (Å²) in [6.07, 6.45) is 2.51. The lowest BCUT2D eigenvalue weighted by atomic mass is 9.96. The molecule has 1 fully saturated rings. The van der Waals surface area contributed by atoms with Gasteiger partial charge in [0.2, 0.25) is 5.91 Å². The van der Waals surface area contributed by atoms with Crippen LogP contribution in [0.3, 0.4) is 0 Å². The quantitative estimate of drug-likeness (QED) is 0.786. The van der Waals surface area contributed by atoms with Crippen molar-refractivity contribution in [2.24, 2.45) is 11.8 Å². The molecule has 0 aliphatic carbocycles. The third-order valence-corrected chi connectivity index (χ3v) is 3.21. The SMILES string of the molecule is CC(CN1CCCC1)NC(=O)C(C#N)C(C)C. The highest BCUT2D eigenvalue weighted by molar-refractivity contribution is 5.81. The van der Waals surface area contributed by atoms with E-state index in [1.54, 1.807) is 0 Å². The summed E-state index contributed by atoms with van der Waals surface area (Å²) in [5, 5.41) is 11.9. The van der Waals surface area contributed by atoms with Gasteiger partial charge in [-0.3, -0.25) is 4.79 Å². The monoisotopic (exact) mass is 237 g/mol. The standard InChI is InChI=1S/C13H23N3O/c1-10(2)12(8-14)13(17)15-11(3)9-16-6-4-5-7-16/h10-12H,4-7,9H2,1-3H3,(H,15,17). The molecule has 1 aliphatic rings. The first-order valence-corrected chi connectivity index (χ1v) is 6.47. The van der Waals surface area contributed by atoms with Crippen LogP contribution in [0.25, 0.3) is 0 Å². The fourth-order valence-corrected chi connectivity index (χ4v) is 2.24. The molecule has 1 aliphatic heterocycles. The van der Waals surface area contributed by atoms with Gasteiger partial charge < -0.3 is 10.2 Å². The topological polar surface area (TPSA) is 56.1 Å². The van der Waals surface area contributed by atoms with Crippen LogP contribution in [-0.4, -0.2) is 36.5 Å². The fourth-order valence-electron chi connectivity index (χ4n) is 2.24. The summed E-state index contributed by atoms with van der Waals surface area (Å²) in [6, 6.07) is 2.20. The van der Waals surface area contributed by atoms with Crippen molar-refractivity contribution >= 4 is 5.91 Å². The first-order valence-electron chi connectivity index (χ1n) is 6.47. The highest BCUT2D eigenvalue weighted by Crippen LogP contribution is 2.11. The van der Waals surface area contributed by atoms with Crippen LogP contribution in [0.5, 0.6) is 0 Å². The molecular weight excluding hydrogens is 214 g/mol. The number of rotatable bonds is 5. The highest BCUT2D eigenvalue weighted by atomic mass is 16.1. The Morgan fingerprint density at radius 1 is 1.35 bits per heavy atom. The number of likely N-dealkylation sites (tertiary alicyclic amines) is 1. The van der Waals surface area contributed by atoms with Crippen molar-refractivity contribution < 1.29 is 4.79 Å². The number of nitrogens with zero attached hydrogens (tertiary/aromatic N) is 2. The highest BCUT2D eigenvalue weighted by Gasteiger charge is 2.23. The van der Waals surface area contributed by atoms with Gasteiger partial charge in [-0.15, -0.1) is 0 Å². The Bertz CT molecular complexity index is 290. The van der Waals surface area contributed by atoms with E-state index in [0.717, 1.165) is 19.6 Å². The minimum atomic E-state index is -0.531. The molecular formula is C13H23N3O. The number of amides is 1. The van der Waals surface area contributed by atoms with Crippen molar-refractivity contribution in [2.75, 3.05) is 19.6 Å². The summed E-state index contributed by atoms with van der Waals surface area (Å²) >= 11 is 0. The molecule has 0 saturated carbocycles. The molecule has 1 N–H and O–H groups in total. The molecule has 2 atom stereocenters. The Balaban J connectivity index is 2.36. The predicted molar refractivity (Wildman–Crippen MR) is 67.2 cm³/mol. The third kappa shape index (κ3) is 4.35. The van der Waals surface area contributed by atoms with Gasteiger partial charge in [0.1, 0.15) is 5.92 Å². The van der Waals surface area contributed by atoms with Gasteiger partial charge in [-0.05, 0) is 38.8 Å². The molecule has 1 amide bonds. The lowest BCUT2D eigenvalue weighted by Gasteiger charge is -2.23. The number of nitriles is 1. The summed E-state index contributed by atoms with van der Waals surface area (Å²) in [4.78, 5) is 14.2. The zero-order valence-electron chi connectivity index (χ0n) is 11.1. The second-order valence-corrected chi connectivity index (χ2v) is 5.27. The van der Waals surface area contributed by atoms with E-state index in [2.05, 4.69) is 16.3 Å². The summed E-state index contributed by atoms with van der Waals surface area (Å²) in [6.45, 7) is 8.96. The molecule has 0 radical (unpaired) electrons. The van der Waals surface area contributed by atoms with E-state index in [1.807, 2.05) is 20.8 Å². The van der Waals surface area contributed by atoms with Crippen LogP contribution in [0.4, 0.5) is 0 Å². The summed E-state index contributed by atoms with van der Waals surface area (Å²) in [5.74, 6) is -0.593. The van der Waals surface area contributed by atoms with Crippen molar-refractivity contribution in [1.82, 2.24) is 10.2 Å². The maximum Gasteiger partial charge on any atom is 0.237 e. The Labute approximate surface area is 104 Å². The van der Waals surface area contributed by atoms with Gasteiger partial charge in [-0.25, -0.2) is 0 Å². The van der Waals surface area contributed by atoms with Crippen LogP contribution in [0.1, 0.15) is 33.6 Å². The summed E-state index contributed by atoms with van der Waals surface area (Å²) in [5.41, 5.74) is 0. The minimum absolute atomic E-state index is 0.0685. The number of nitrogens with one attached hydrogen (secondary N) is 1. The Hall–Kier alpha value is -1.08. The number of carbonyl (C=O) groups excluding carboxylic acids is 1. The van der Waals surface area contributed by atoms with Crippen molar-refractivity contribution in [3.8, 4) is 6.07 Å². The van der Waals surface area contributed by atoms with E-state index < -0.39 is 5.92 Å². The molecule has 4 nitrogen and oxygen atoms in total. The van der Waals surface area contributed by atoms with E-state index in [9.17, 15) is 4.79 Å². The molecule has 0 aromatic rings. The van der Waals surface area contributed by atoms with Gasteiger partial charge in [0.15, 0.2) is 0 Å². The van der Waals surface area contributed by atoms with E-state index in [4.69, 9.17) is 5.26 Å². The first-order chi connectivity index (χ1) is 8.04. The maximum absolute atomic E-state index is 11.8. The molecule has 96 valence electrons. The average molecular weight is 237 g/mol.